The quantitative estimate of drug-likeness (QED) is 0.749. The van der Waals surface area contributed by atoms with E-state index >= 15 is 0 Å². The fourth-order valence-corrected chi connectivity index (χ4v) is 1.93. The number of pyridine rings is 1. The Labute approximate surface area is 99.2 Å². The number of morpholine rings is 1. The van der Waals surface area contributed by atoms with Crippen molar-refractivity contribution in [2.75, 3.05) is 19.8 Å². The van der Waals surface area contributed by atoms with Crippen LogP contribution in [0.1, 0.15) is 17.3 Å². The van der Waals surface area contributed by atoms with Crippen LogP contribution in [0, 0.1) is 0 Å². The van der Waals surface area contributed by atoms with Crippen molar-refractivity contribution < 1.29 is 9.53 Å². The van der Waals surface area contributed by atoms with Crippen LogP contribution in [0.15, 0.2) is 18.5 Å². The van der Waals surface area contributed by atoms with Crippen LogP contribution in [-0.2, 0) is 4.74 Å². The highest BCUT2D eigenvalue weighted by atomic mass is 35.5. The molecule has 1 aliphatic rings. The molecule has 0 aromatic carbocycles. The maximum Gasteiger partial charge on any atom is 0.255 e. The van der Waals surface area contributed by atoms with Gasteiger partial charge in [0.05, 0.1) is 29.8 Å². The van der Waals surface area contributed by atoms with Crippen LogP contribution in [-0.4, -0.2) is 41.6 Å². The van der Waals surface area contributed by atoms with E-state index in [2.05, 4.69) is 4.98 Å². The van der Waals surface area contributed by atoms with Gasteiger partial charge in [-0.05, 0) is 13.0 Å². The van der Waals surface area contributed by atoms with Crippen LogP contribution in [0.5, 0.6) is 0 Å². The second-order valence-electron chi connectivity index (χ2n) is 3.78. The molecular weight excluding hydrogens is 228 g/mol. The van der Waals surface area contributed by atoms with Crippen molar-refractivity contribution >= 4 is 17.5 Å². The molecule has 2 rings (SSSR count). The van der Waals surface area contributed by atoms with Gasteiger partial charge in [0.1, 0.15) is 0 Å². The summed E-state index contributed by atoms with van der Waals surface area (Å²) in [6.07, 6.45) is 3.06. The second kappa shape index (κ2) is 4.80. The van der Waals surface area contributed by atoms with Gasteiger partial charge in [0.25, 0.3) is 5.91 Å². The lowest BCUT2D eigenvalue weighted by Gasteiger charge is -2.33. The highest BCUT2D eigenvalue weighted by Crippen LogP contribution is 2.18. The van der Waals surface area contributed by atoms with Crippen LogP contribution in [0.3, 0.4) is 0 Å². The Morgan fingerprint density at radius 3 is 3.19 bits per heavy atom. The zero-order chi connectivity index (χ0) is 11.5. The Morgan fingerprint density at radius 1 is 1.69 bits per heavy atom. The number of hydrogen-bond acceptors (Lipinski definition) is 3. The number of carbonyl (C=O) groups excluding carboxylic acids is 1. The molecule has 1 aromatic heterocycles. The van der Waals surface area contributed by atoms with Crippen molar-refractivity contribution in [3.63, 3.8) is 0 Å². The molecule has 16 heavy (non-hydrogen) atoms. The van der Waals surface area contributed by atoms with Crippen LogP contribution in [0.2, 0.25) is 5.02 Å². The van der Waals surface area contributed by atoms with Gasteiger partial charge in [-0.1, -0.05) is 11.6 Å². The van der Waals surface area contributed by atoms with Gasteiger partial charge >= 0.3 is 0 Å². The van der Waals surface area contributed by atoms with Crippen molar-refractivity contribution in [1.29, 1.82) is 0 Å². The third-order valence-corrected chi connectivity index (χ3v) is 2.93. The molecule has 0 aliphatic carbocycles. The van der Waals surface area contributed by atoms with Gasteiger partial charge in [-0.25, -0.2) is 0 Å². The van der Waals surface area contributed by atoms with Crippen molar-refractivity contribution in [3.8, 4) is 0 Å². The molecule has 5 heteroatoms. The Morgan fingerprint density at radius 2 is 2.50 bits per heavy atom. The monoisotopic (exact) mass is 240 g/mol. The van der Waals surface area contributed by atoms with Gasteiger partial charge in [0, 0.05) is 18.9 Å². The summed E-state index contributed by atoms with van der Waals surface area (Å²) in [4.78, 5) is 17.8. The molecule has 1 atom stereocenters. The molecule has 2 heterocycles. The molecule has 86 valence electrons. The zero-order valence-electron chi connectivity index (χ0n) is 9.02. The first-order valence-electron chi connectivity index (χ1n) is 5.18. The van der Waals surface area contributed by atoms with Gasteiger partial charge in [-0.3, -0.25) is 9.78 Å². The molecule has 1 amide bonds. The molecule has 1 aliphatic heterocycles. The normalized spacial score (nSPS) is 20.9. The smallest absolute Gasteiger partial charge is 0.255 e. The van der Waals surface area contributed by atoms with Crippen LogP contribution < -0.4 is 0 Å². The Bertz CT molecular complexity index is 397. The van der Waals surface area contributed by atoms with E-state index in [1.54, 1.807) is 17.2 Å². The summed E-state index contributed by atoms with van der Waals surface area (Å²) in [6, 6.07) is 1.73. The van der Waals surface area contributed by atoms with Crippen molar-refractivity contribution in [1.82, 2.24) is 9.88 Å². The molecular formula is C11H13ClN2O2. The second-order valence-corrected chi connectivity index (χ2v) is 4.19. The molecule has 0 unspecified atom stereocenters. The Kier molecular flexibility index (Phi) is 3.41. The maximum atomic E-state index is 12.2. The van der Waals surface area contributed by atoms with E-state index < -0.39 is 0 Å². The summed E-state index contributed by atoms with van der Waals surface area (Å²) in [6.45, 7) is 3.73. The summed E-state index contributed by atoms with van der Waals surface area (Å²) < 4.78 is 5.29. The predicted molar refractivity (Wildman–Crippen MR) is 60.6 cm³/mol. The first-order chi connectivity index (χ1) is 7.70. The third kappa shape index (κ3) is 2.18. The minimum absolute atomic E-state index is 0.0526. The number of ether oxygens (including phenoxy) is 1. The van der Waals surface area contributed by atoms with E-state index in [-0.39, 0.29) is 11.9 Å². The number of amides is 1. The number of rotatable bonds is 1. The molecule has 0 spiro atoms. The summed E-state index contributed by atoms with van der Waals surface area (Å²) >= 11 is 5.94. The van der Waals surface area contributed by atoms with Crippen molar-refractivity contribution in [2.24, 2.45) is 0 Å². The van der Waals surface area contributed by atoms with Gasteiger partial charge in [0.15, 0.2) is 0 Å². The maximum absolute atomic E-state index is 12.2. The first kappa shape index (κ1) is 11.4. The SMILES string of the molecule is C[C@@H]1COCCN1C(=O)c1ccncc1Cl. The Hall–Kier alpha value is -1.13. The van der Waals surface area contributed by atoms with Gasteiger partial charge in [-0.15, -0.1) is 0 Å². The summed E-state index contributed by atoms with van der Waals surface area (Å²) in [5.41, 5.74) is 0.505. The molecule has 1 fully saturated rings. The summed E-state index contributed by atoms with van der Waals surface area (Å²) in [7, 11) is 0. The van der Waals surface area contributed by atoms with Gasteiger partial charge < -0.3 is 9.64 Å². The average Bonchev–Trinajstić information content (AvgIpc) is 2.29. The highest BCUT2D eigenvalue weighted by Gasteiger charge is 2.25. The largest absolute Gasteiger partial charge is 0.377 e. The zero-order valence-corrected chi connectivity index (χ0v) is 9.78. The van der Waals surface area contributed by atoms with Gasteiger partial charge in [0.2, 0.25) is 0 Å². The number of hydrogen-bond donors (Lipinski definition) is 0. The minimum Gasteiger partial charge on any atom is -0.377 e. The number of halogens is 1. The van der Waals surface area contributed by atoms with E-state index in [0.717, 1.165) is 0 Å². The summed E-state index contributed by atoms with van der Waals surface area (Å²) in [5, 5.41) is 0.395. The van der Waals surface area contributed by atoms with Crippen LogP contribution in [0.4, 0.5) is 0 Å². The highest BCUT2D eigenvalue weighted by molar-refractivity contribution is 6.33. The van der Waals surface area contributed by atoms with Gasteiger partial charge in [-0.2, -0.15) is 0 Å². The molecule has 0 radical (unpaired) electrons. The van der Waals surface area contributed by atoms with Crippen molar-refractivity contribution in [2.45, 2.75) is 13.0 Å². The Balaban J connectivity index is 2.21. The van der Waals surface area contributed by atoms with E-state index in [4.69, 9.17) is 16.3 Å². The predicted octanol–water partition coefficient (Wildman–Crippen LogP) is 1.60. The van der Waals surface area contributed by atoms with E-state index in [0.29, 0.717) is 30.3 Å². The van der Waals surface area contributed by atoms with Crippen LogP contribution >= 0.6 is 11.6 Å². The molecule has 4 nitrogen and oxygen atoms in total. The first-order valence-corrected chi connectivity index (χ1v) is 5.56. The number of nitrogens with zero attached hydrogens (tertiary/aromatic N) is 2. The van der Waals surface area contributed by atoms with E-state index in [9.17, 15) is 4.79 Å². The topological polar surface area (TPSA) is 42.4 Å². The standard InChI is InChI=1S/C11H13ClN2O2/c1-8-7-16-5-4-14(8)11(15)9-2-3-13-6-10(9)12/h2-3,6,8H,4-5,7H2,1H3/t8-/m1/s1. The minimum atomic E-state index is -0.0526. The third-order valence-electron chi connectivity index (χ3n) is 2.63. The lowest BCUT2D eigenvalue weighted by molar-refractivity contribution is 0.00360. The number of aromatic nitrogens is 1. The fraction of sp³-hybridized carbons (Fsp3) is 0.455. The van der Waals surface area contributed by atoms with Crippen molar-refractivity contribution in [3.05, 3.63) is 29.0 Å². The molecule has 0 saturated carbocycles. The fourth-order valence-electron chi connectivity index (χ4n) is 1.73. The number of carbonyl (C=O) groups is 1. The van der Waals surface area contributed by atoms with Crippen LogP contribution in [0.25, 0.3) is 0 Å². The molecule has 1 saturated heterocycles. The molecule has 0 bridgehead atoms. The van der Waals surface area contributed by atoms with E-state index in [1.165, 1.54) is 6.20 Å². The lowest BCUT2D eigenvalue weighted by atomic mass is 10.2. The molecule has 0 N–H and O–H groups in total. The lowest BCUT2D eigenvalue weighted by Crippen LogP contribution is -2.47. The van der Waals surface area contributed by atoms with E-state index in [1.807, 2.05) is 6.92 Å². The molecule has 1 aromatic rings. The summed E-state index contributed by atoms with van der Waals surface area (Å²) in [5.74, 6) is -0.0526. The average molecular weight is 241 g/mol.